The van der Waals surface area contributed by atoms with Crippen molar-refractivity contribution in [2.45, 2.75) is 32.2 Å². The number of nitrogens with zero attached hydrogens (tertiary/aromatic N) is 1. The topological polar surface area (TPSA) is 54.5 Å². The zero-order valence-corrected chi connectivity index (χ0v) is 13.3. The van der Waals surface area contributed by atoms with E-state index in [-0.39, 0.29) is 17.6 Å². The number of carbonyl (C=O) groups is 1. The summed E-state index contributed by atoms with van der Waals surface area (Å²) in [5.41, 5.74) is 0.994. The second kappa shape index (κ2) is 7.18. The lowest BCUT2D eigenvalue weighted by molar-refractivity contribution is -0.112. The summed E-state index contributed by atoms with van der Waals surface area (Å²) in [6.07, 6.45) is 4.33. The third kappa shape index (κ3) is 4.64. The minimum atomic E-state index is -3.24. The van der Waals surface area contributed by atoms with Crippen molar-refractivity contribution < 1.29 is 13.2 Å². The Bertz CT molecular complexity index is 548. The molecule has 0 bridgehead atoms. The second-order valence-electron chi connectivity index (χ2n) is 5.94. The predicted molar refractivity (Wildman–Crippen MR) is 83.2 cm³/mol. The van der Waals surface area contributed by atoms with Crippen molar-refractivity contribution in [3.63, 3.8) is 0 Å². The average Bonchev–Trinajstić information content (AvgIpc) is 2.48. The normalized spacial score (nSPS) is 23.1. The molecular weight excluding hydrogens is 286 g/mol. The van der Waals surface area contributed by atoms with Crippen LogP contribution in [0.2, 0.25) is 0 Å². The molecule has 116 valence electrons. The number of rotatable bonds is 6. The summed E-state index contributed by atoms with van der Waals surface area (Å²) < 4.78 is 26.3. The summed E-state index contributed by atoms with van der Waals surface area (Å²) in [7, 11) is -1.60. The molecule has 1 aliphatic rings. The molecule has 1 aromatic carbocycles. The van der Waals surface area contributed by atoms with E-state index in [0.717, 1.165) is 37.5 Å². The molecule has 0 aromatic heterocycles. The lowest BCUT2D eigenvalue weighted by Gasteiger charge is -2.27. The van der Waals surface area contributed by atoms with Gasteiger partial charge < -0.3 is 4.79 Å². The van der Waals surface area contributed by atoms with Crippen molar-refractivity contribution in [3.8, 4) is 0 Å². The molecule has 1 fully saturated rings. The molecule has 1 aliphatic carbocycles. The first-order chi connectivity index (χ1) is 10.0. The molecule has 0 aliphatic heterocycles. The van der Waals surface area contributed by atoms with Crippen LogP contribution >= 0.6 is 0 Å². The molecular formula is C16H23NO3S. The van der Waals surface area contributed by atoms with Crippen molar-refractivity contribution >= 4 is 16.3 Å². The predicted octanol–water partition coefficient (Wildman–Crippen LogP) is 2.45. The zero-order valence-electron chi connectivity index (χ0n) is 12.4. The van der Waals surface area contributed by atoms with E-state index in [9.17, 15) is 13.2 Å². The van der Waals surface area contributed by atoms with E-state index < -0.39 is 10.0 Å². The van der Waals surface area contributed by atoms with Crippen LogP contribution in [0.25, 0.3) is 0 Å². The zero-order chi connectivity index (χ0) is 15.3. The Hall–Kier alpha value is -1.20. The molecule has 0 spiro atoms. The molecule has 1 aromatic rings. The second-order valence-corrected chi connectivity index (χ2v) is 8.06. The van der Waals surface area contributed by atoms with E-state index in [1.165, 1.54) is 4.31 Å². The first kappa shape index (κ1) is 16.2. The fourth-order valence-corrected chi connectivity index (χ4v) is 4.38. The maximum absolute atomic E-state index is 12.4. The number of carbonyl (C=O) groups excluding carboxylic acids is 1. The Morgan fingerprint density at radius 2 is 1.76 bits per heavy atom. The number of hydrogen-bond donors (Lipinski definition) is 0. The minimum Gasteiger partial charge on any atom is -0.303 e. The van der Waals surface area contributed by atoms with Crippen LogP contribution in [0.15, 0.2) is 30.3 Å². The third-order valence-corrected chi connectivity index (χ3v) is 6.22. The first-order valence-corrected chi connectivity index (χ1v) is 9.05. The molecule has 4 nitrogen and oxygen atoms in total. The van der Waals surface area contributed by atoms with E-state index in [2.05, 4.69) is 0 Å². The molecule has 0 radical (unpaired) electrons. The highest BCUT2D eigenvalue weighted by atomic mass is 32.2. The van der Waals surface area contributed by atoms with Gasteiger partial charge in [-0.3, -0.25) is 0 Å². The molecule has 0 unspecified atom stereocenters. The summed E-state index contributed by atoms with van der Waals surface area (Å²) >= 11 is 0. The van der Waals surface area contributed by atoms with Gasteiger partial charge in [-0.25, -0.2) is 12.7 Å². The van der Waals surface area contributed by atoms with Crippen LogP contribution in [0.4, 0.5) is 0 Å². The van der Waals surface area contributed by atoms with Crippen LogP contribution in [0.1, 0.15) is 31.2 Å². The molecule has 0 heterocycles. The minimum absolute atomic E-state index is 0.131. The van der Waals surface area contributed by atoms with Gasteiger partial charge in [0.05, 0.1) is 5.75 Å². The maximum atomic E-state index is 12.4. The van der Waals surface area contributed by atoms with Crippen LogP contribution in [0, 0.1) is 11.8 Å². The highest BCUT2D eigenvalue weighted by Crippen LogP contribution is 2.29. The number of aldehydes is 1. The molecule has 0 amide bonds. The Labute approximate surface area is 127 Å². The van der Waals surface area contributed by atoms with Crippen LogP contribution in [-0.2, 0) is 21.4 Å². The lowest BCUT2D eigenvalue weighted by atomic mass is 9.84. The largest absolute Gasteiger partial charge is 0.303 e. The van der Waals surface area contributed by atoms with E-state index in [0.29, 0.717) is 6.54 Å². The van der Waals surface area contributed by atoms with Gasteiger partial charge in [0, 0.05) is 19.5 Å². The van der Waals surface area contributed by atoms with Crippen LogP contribution < -0.4 is 0 Å². The van der Waals surface area contributed by atoms with Crippen molar-refractivity contribution in [2.24, 2.45) is 11.8 Å². The van der Waals surface area contributed by atoms with Crippen LogP contribution in [-0.4, -0.2) is 31.8 Å². The van der Waals surface area contributed by atoms with Crippen molar-refractivity contribution in [2.75, 3.05) is 12.8 Å². The van der Waals surface area contributed by atoms with Gasteiger partial charge in [-0.15, -0.1) is 0 Å². The number of sulfonamides is 1. The Kier molecular flexibility index (Phi) is 5.53. The van der Waals surface area contributed by atoms with Gasteiger partial charge in [0.1, 0.15) is 6.29 Å². The fourth-order valence-electron chi connectivity index (χ4n) is 2.85. The summed E-state index contributed by atoms with van der Waals surface area (Å²) in [4.78, 5) is 10.7. The summed E-state index contributed by atoms with van der Waals surface area (Å²) in [5.74, 6) is 0.512. The average molecular weight is 309 g/mol. The van der Waals surface area contributed by atoms with Crippen molar-refractivity contribution in [1.82, 2.24) is 4.31 Å². The summed E-state index contributed by atoms with van der Waals surface area (Å²) in [6.45, 7) is 0.410. The Morgan fingerprint density at radius 3 is 2.33 bits per heavy atom. The quantitative estimate of drug-likeness (QED) is 0.759. The highest BCUT2D eigenvalue weighted by Gasteiger charge is 2.27. The van der Waals surface area contributed by atoms with E-state index >= 15 is 0 Å². The fraction of sp³-hybridized carbons (Fsp3) is 0.562. The molecule has 1 saturated carbocycles. The van der Waals surface area contributed by atoms with Crippen molar-refractivity contribution in [1.29, 1.82) is 0 Å². The summed E-state index contributed by atoms with van der Waals surface area (Å²) in [6, 6.07) is 9.61. The van der Waals surface area contributed by atoms with Crippen LogP contribution in [0.3, 0.4) is 0 Å². The molecule has 0 atom stereocenters. The third-order valence-electron chi connectivity index (χ3n) is 4.25. The molecule has 0 saturated heterocycles. The van der Waals surface area contributed by atoms with E-state index in [1.807, 2.05) is 30.3 Å². The Balaban J connectivity index is 1.90. The molecule has 21 heavy (non-hydrogen) atoms. The van der Waals surface area contributed by atoms with Gasteiger partial charge in [0.15, 0.2) is 0 Å². The van der Waals surface area contributed by atoms with Gasteiger partial charge in [-0.1, -0.05) is 30.3 Å². The first-order valence-electron chi connectivity index (χ1n) is 7.44. The van der Waals surface area contributed by atoms with Gasteiger partial charge >= 0.3 is 0 Å². The molecule has 5 heteroatoms. The SMILES string of the molecule is CN(Cc1ccccc1)S(=O)(=O)C[C@H]1CC[C@H](C=O)CC1. The Morgan fingerprint density at radius 1 is 1.14 bits per heavy atom. The van der Waals surface area contributed by atoms with Crippen molar-refractivity contribution in [3.05, 3.63) is 35.9 Å². The van der Waals surface area contributed by atoms with Gasteiger partial charge in [0.2, 0.25) is 10.0 Å². The van der Waals surface area contributed by atoms with Gasteiger partial charge in [-0.05, 0) is 37.2 Å². The monoisotopic (exact) mass is 309 g/mol. The van der Waals surface area contributed by atoms with E-state index in [4.69, 9.17) is 0 Å². The van der Waals surface area contributed by atoms with Crippen LogP contribution in [0.5, 0.6) is 0 Å². The maximum Gasteiger partial charge on any atom is 0.214 e. The standard InChI is InChI=1S/C16H23NO3S/c1-17(11-14-5-3-2-4-6-14)21(19,20)13-16-9-7-15(12-18)8-10-16/h2-6,12,15-16H,7-11,13H2,1H3/t15-,16-. The number of hydrogen-bond acceptors (Lipinski definition) is 3. The lowest BCUT2D eigenvalue weighted by Crippen LogP contribution is -2.33. The molecule has 0 N–H and O–H groups in total. The van der Waals surface area contributed by atoms with Gasteiger partial charge in [0.25, 0.3) is 0 Å². The highest BCUT2D eigenvalue weighted by molar-refractivity contribution is 7.89. The summed E-state index contributed by atoms with van der Waals surface area (Å²) in [5, 5.41) is 0. The van der Waals surface area contributed by atoms with Gasteiger partial charge in [-0.2, -0.15) is 0 Å². The van der Waals surface area contributed by atoms with E-state index in [1.54, 1.807) is 7.05 Å². The smallest absolute Gasteiger partial charge is 0.214 e. The number of benzene rings is 1. The molecule has 2 rings (SSSR count).